The number of fused-ring (bicyclic) bond motifs is 1. The lowest BCUT2D eigenvalue weighted by atomic mass is 9.62. The summed E-state index contributed by atoms with van der Waals surface area (Å²) in [6.45, 7) is 5.14. The highest BCUT2D eigenvalue weighted by Crippen LogP contribution is 2.44. The molecule has 0 radical (unpaired) electrons. The van der Waals surface area contributed by atoms with Gasteiger partial charge in [-0.05, 0) is 61.4 Å². The molecule has 0 spiro atoms. The normalized spacial score (nSPS) is 23.2. The van der Waals surface area contributed by atoms with E-state index in [0.717, 1.165) is 38.6 Å². The summed E-state index contributed by atoms with van der Waals surface area (Å²) in [5, 5.41) is 3.80. The van der Waals surface area contributed by atoms with Gasteiger partial charge in [0.2, 0.25) is 5.91 Å². The number of benzene rings is 1. The van der Waals surface area contributed by atoms with E-state index in [9.17, 15) is 9.59 Å². The van der Waals surface area contributed by atoms with E-state index in [1.54, 1.807) is 7.11 Å². The number of hydrogen-bond donors (Lipinski definition) is 2. The molecule has 1 aromatic rings. The van der Waals surface area contributed by atoms with Crippen LogP contribution in [0.1, 0.15) is 93.1 Å². The minimum atomic E-state index is -0.397. The maximum Gasteiger partial charge on any atom is 0.308 e. The molecule has 2 aliphatic carbocycles. The predicted octanol–water partition coefficient (Wildman–Crippen LogP) is 4.52. The summed E-state index contributed by atoms with van der Waals surface area (Å²) in [5.74, 6) is 0.0687. The van der Waals surface area contributed by atoms with Crippen LogP contribution < -0.4 is 11.1 Å². The molecule has 0 aromatic heterocycles. The molecule has 2 aliphatic rings. The van der Waals surface area contributed by atoms with Crippen molar-refractivity contribution >= 4 is 11.9 Å². The fourth-order valence-corrected chi connectivity index (χ4v) is 6.58. The second kappa shape index (κ2) is 12.2. The van der Waals surface area contributed by atoms with Crippen molar-refractivity contribution in [3.8, 4) is 0 Å². The van der Waals surface area contributed by atoms with Crippen LogP contribution in [0, 0.1) is 11.8 Å². The van der Waals surface area contributed by atoms with Gasteiger partial charge in [-0.2, -0.15) is 0 Å². The Morgan fingerprint density at radius 2 is 1.85 bits per heavy atom. The van der Waals surface area contributed by atoms with E-state index in [2.05, 4.69) is 19.2 Å². The monoisotopic (exact) mass is 472 g/mol. The van der Waals surface area contributed by atoms with E-state index in [1.807, 2.05) is 18.2 Å². The molecule has 1 fully saturated rings. The average molecular weight is 473 g/mol. The predicted molar refractivity (Wildman–Crippen MR) is 135 cm³/mol. The van der Waals surface area contributed by atoms with E-state index in [1.165, 1.54) is 50.3 Å². The van der Waals surface area contributed by atoms with Crippen molar-refractivity contribution in [1.82, 2.24) is 5.32 Å². The van der Waals surface area contributed by atoms with Crippen LogP contribution >= 0.6 is 0 Å². The van der Waals surface area contributed by atoms with Crippen LogP contribution in [0.4, 0.5) is 0 Å². The van der Waals surface area contributed by atoms with Gasteiger partial charge < -0.3 is 20.5 Å². The molecule has 0 saturated heterocycles. The van der Waals surface area contributed by atoms with E-state index < -0.39 is 5.91 Å². The van der Waals surface area contributed by atoms with E-state index in [-0.39, 0.29) is 29.4 Å². The number of methoxy groups -OCH3 is 2. The van der Waals surface area contributed by atoms with Crippen molar-refractivity contribution in [3.05, 3.63) is 34.9 Å². The number of nitrogens with two attached hydrogens (primary N) is 1. The van der Waals surface area contributed by atoms with Gasteiger partial charge in [0.25, 0.3) is 0 Å². The van der Waals surface area contributed by atoms with Crippen LogP contribution in [0.3, 0.4) is 0 Å². The Labute approximate surface area is 205 Å². The zero-order valence-corrected chi connectivity index (χ0v) is 21.5. The zero-order valence-electron chi connectivity index (χ0n) is 21.5. The molecule has 6 heteroatoms. The highest BCUT2D eigenvalue weighted by atomic mass is 16.5. The number of carbonyl (C=O) groups excluding carboxylic acids is 2. The molecule has 3 N–H and O–H groups in total. The molecule has 0 bridgehead atoms. The smallest absolute Gasteiger partial charge is 0.308 e. The van der Waals surface area contributed by atoms with E-state index >= 15 is 0 Å². The lowest BCUT2D eigenvalue weighted by Crippen LogP contribution is -2.59. The van der Waals surface area contributed by atoms with Crippen LogP contribution in [0.25, 0.3) is 0 Å². The molecule has 3 rings (SSSR count). The first-order valence-electron chi connectivity index (χ1n) is 13.2. The highest BCUT2D eigenvalue weighted by Gasteiger charge is 2.46. The number of ether oxygens (including phenoxy) is 2. The van der Waals surface area contributed by atoms with Gasteiger partial charge in [-0.25, -0.2) is 0 Å². The third kappa shape index (κ3) is 5.65. The number of carbonyl (C=O) groups is 2. The van der Waals surface area contributed by atoms with Gasteiger partial charge in [0.1, 0.15) is 0 Å². The summed E-state index contributed by atoms with van der Waals surface area (Å²) in [7, 11) is 3.27. The van der Waals surface area contributed by atoms with Crippen molar-refractivity contribution < 1.29 is 19.1 Å². The number of rotatable bonds is 11. The Balaban J connectivity index is 1.79. The SMILES string of the molecule is CCC1(CC)c2cc(C(N)=O)ccc2C[C@@H](OC)[C@@H]1NCC[C@H](CC1CCCCC1)C(=O)OC. The topological polar surface area (TPSA) is 90.7 Å². The fourth-order valence-electron chi connectivity index (χ4n) is 6.58. The summed E-state index contributed by atoms with van der Waals surface area (Å²) in [5.41, 5.74) is 8.42. The summed E-state index contributed by atoms with van der Waals surface area (Å²) in [6.07, 6.45) is 10.6. The lowest BCUT2D eigenvalue weighted by Gasteiger charge is -2.49. The fraction of sp³-hybridized carbons (Fsp3) is 0.714. The zero-order chi connectivity index (χ0) is 24.7. The summed E-state index contributed by atoms with van der Waals surface area (Å²) in [6, 6.07) is 5.93. The van der Waals surface area contributed by atoms with Crippen molar-refractivity contribution in [3.63, 3.8) is 0 Å². The van der Waals surface area contributed by atoms with Gasteiger partial charge in [-0.3, -0.25) is 9.59 Å². The minimum Gasteiger partial charge on any atom is -0.469 e. The number of esters is 1. The van der Waals surface area contributed by atoms with Crippen molar-refractivity contribution in [2.24, 2.45) is 17.6 Å². The van der Waals surface area contributed by atoms with E-state index in [4.69, 9.17) is 15.2 Å². The standard InChI is InChI=1S/C28H44N2O4/c1-5-28(6-2)23-17-21(26(29)31)13-12-20(23)18-24(33-3)25(28)30-15-14-22(27(32)34-4)16-19-10-8-7-9-11-19/h12-13,17,19,22,24-25,30H,5-11,14-16,18H2,1-4H3,(H2,29,31)/t22-,24-,25+/m1/s1. The molecule has 0 unspecified atom stereocenters. The third-order valence-electron chi connectivity index (χ3n) is 8.62. The Morgan fingerprint density at radius 1 is 1.15 bits per heavy atom. The minimum absolute atomic E-state index is 0.0155. The molecule has 6 nitrogen and oxygen atoms in total. The van der Waals surface area contributed by atoms with Crippen molar-refractivity contribution in [1.29, 1.82) is 0 Å². The Morgan fingerprint density at radius 3 is 2.44 bits per heavy atom. The molecule has 1 saturated carbocycles. The number of hydrogen-bond acceptors (Lipinski definition) is 5. The first kappa shape index (κ1) is 26.7. The Hall–Kier alpha value is -1.92. The largest absolute Gasteiger partial charge is 0.469 e. The average Bonchev–Trinajstić information content (AvgIpc) is 2.87. The van der Waals surface area contributed by atoms with Crippen molar-refractivity contribution in [2.45, 2.75) is 95.6 Å². The maximum absolute atomic E-state index is 12.6. The van der Waals surface area contributed by atoms with Crippen LogP contribution in [-0.2, 0) is 26.1 Å². The third-order valence-corrected chi connectivity index (χ3v) is 8.62. The molecular weight excluding hydrogens is 428 g/mol. The number of primary amides is 1. The van der Waals surface area contributed by atoms with E-state index in [0.29, 0.717) is 11.5 Å². The Bertz CT molecular complexity index is 830. The van der Waals surface area contributed by atoms with Gasteiger partial charge in [0.15, 0.2) is 0 Å². The van der Waals surface area contributed by atoms with Crippen LogP contribution in [0.5, 0.6) is 0 Å². The van der Waals surface area contributed by atoms with Crippen LogP contribution in [0.2, 0.25) is 0 Å². The molecule has 190 valence electrons. The summed E-state index contributed by atoms with van der Waals surface area (Å²) < 4.78 is 11.2. The molecule has 34 heavy (non-hydrogen) atoms. The summed E-state index contributed by atoms with van der Waals surface area (Å²) >= 11 is 0. The number of amides is 1. The molecule has 0 aliphatic heterocycles. The Kier molecular flexibility index (Phi) is 9.55. The van der Waals surface area contributed by atoms with Gasteiger partial charge in [0, 0.05) is 30.6 Å². The molecular formula is C28H44N2O4. The first-order chi connectivity index (χ1) is 16.4. The van der Waals surface area contributed by atoms with Gasteiger partial charge in [-0.1, -0.05) is 52.0 Å². The molecule has 1 aromatic carbocycles. The summed E-state index contributed by atoms with van der Waals surface area (Å²) in [4.78, 5) is 24.5. The van der Waals surface area contributed by atoms with Crippen LogP contribution in [0.15, 0.2) is 18.2 Å². The number of nitrogens with one attached hydrogen (secondary N) is 1. The van der Waals surface area contributed by atoms with Crippen LogP contribution in [-0.4, -0.2) is 44.8 Å². The van der Waals surface area contributed by atoms with Gasteiger partial charge in [0.05, 0.1) is 19.1 Å². The molecule has 0 heterocycles. The van der Waals surface area contributed by atoms with Crippen molar-refractivity contribution in [2.75, 3.05) is 20.8 Å². The second-order valence-corrected chi connectivity index (χ2v) is 10.3. The first-order valence-corrected chi connectivity index (χ1v) is 13.2. The second-order valence-electron chi connectivity index (χ2n) is 10.3. The molecule has 3 atom stereocenters. The molecule has 1 amide bonds. The highest BCUT2D eigenvalue weighted by molar-refractivity contribution is 5.93. The lowest BCUT2D eigenvalue weighted by molar-refractivity contribution is -0.146. The quantitative estimate of drug-likeness (QED) is 0.462. The van der Waals surface area contributed by atoms with Gasteiger partial charge in [-0.15, -0.1) is 0 Å². The van der Waals surface area contributed by atoms with Gasteiger partial charge >= 0.3 is 5.97 Å². The maximum atomic E-state index is 12.6.